The Bertz CT molecular complexity index is 886. The first-order valence-electron chi connectivity index (χ1n) is 8.51. The molecule has 3 nitrogen and oxygen atoms in total. The van der Waals surface area contributed by atoms with E-state index in [0.29, 0.717) is 18.5 Å². The number of aryl methyl sites for hydroxylation is 2. The average Bonchev–Trinajstić information content (AvgIpc) is 2.65. The Morgan fingerprint density at radius 2 is 1.67 bits per heavy atom. The summed E-state index contributed by atoms with van der Waals surface area (Å²) in [4.78, 5) is 12.6. The molecule has 0 saturated heterocycles. The lowest BCUT2D eigenvalue weighted by atomic mass is 10.0. The van der Waals surface area contributed by atoms with Gasteiger partial charge in [0, 0.05) is 5.69 Å². The molecule has 0 saturated carbocycles. The minimum Gasteiger partial charge on any atom is -0.321 e. The highest BCUT2D eigenvalue weighted by Gasteiger charge is 2.32. The minimum atomic E-state index is -4.58. The average molecular weight is 372 g/mol. The fourth-order valence-electron chi connectivity index (χ4n) is 2.77. The molecule has 2 aromatic rings. The highest BCUT2D eigenvalue weighted by Crippen LogP contribution is 2.33. The number of nitrogens with one attached hydrogen (secondary N) is 1. The predicted molar refractivity (Wildman–Crippen MR) is 98.9 cm³/mol. The van der Waals surface area contributed by atoms with E-state index in [-0.39, 0.29) is 11.1 Å². The molecule has 0 aliphatic carbocycles. The van der Waals surface area contributed by atoms with Crippen LogP contribution in [0.25, 0.3) is 6.08 Å². The second-order valence-corrected chi connectivity index (χ2v) is 5.87. The smallest absolute Gasteiger partial charge is 0.321 e. The van der Waals surface area contributed by atoms with Gasteiger partial charge in [0.2, 0.25) is 0 Å². The summed E-state index contributed by atoms with van der Waals surface area (Å²) >= 11 is 0. The van der Waals surface area contributed by atoms with Crippen molar-refractivity contribution < 1.29 is 18.0 Å². The molecule has 2 rings (SSSR count). The number of carbonyl (C=O) groups excluding carboxylic acids is 1. The zero-order valence-electron chi connectivity index (χ0n) is 15.0. The standard InChI is InChI=1S/C21H19F3N2O/c1-3-14-9-7-10-15(4-2)19(14)26-20(27)17(13-25)12-16-8-5-6-11-18(16)21(22,23)24/h5-12H,3-4H2,1-2H3,(H,26,27)/b17-12+. The Balaban J connectivity index is 2.42. The van der Waals surface area contributed by atoms with Crippen molar-refractivity contribution in [3.63, 3.8) is 0 Å². The van der Waals surface area contributed by atoms with E-state index >= 15 is 0 Å². The Morgan fingerprint density at radius 1 is 1.07 bits per heavy atom. The van der Waals surface area contributed by atoms with Crippen molar-refractivity contribution in [2.45, 2.75) is 32.9 Å². The Labute approximate surface area is 156 Å². The van der Waals surface area contributed by atoms with Gasteiger partial charge in [-0.1, -0.05) is 50.2 Å². The van der Waals surface area contributed by atoms with E-state index in [4.69, 9.17) is 0 Å². The summed E-state index contributed by atoms with van der Waals surface area (Å²) < 4.78 is 39.4. The molecule has 1 amide bonds. The second-order valence-electron chi connectivity index (χ2n) is 5.87. The number of hydrogen-bond donors (Lipinski definition) is 1. The molecule has 0 aliphatic rings. The Morgan fingerprint density at radius 3 is 2.19 bits per heavy atom. The van der Waals surface area contributed by atoms with E-state index in [2.05, 4.69) is 5.32 Å². The summed E-state index contributed by atoms with van der Waals surface area (Å²) in [5, 5.41) is 12.0. The van der Waals surface area contributed by atoms with E-state index in [1.165, 1.54) is 18.2 Å². The van der Waals surface area contributed by atoms with Gasteiger partial charge in [0.1, 0.15) is 11.6 Å². The van der Waals surface area contributed by atoms with Gasteiger partial charge in [-0.15, -0.1) is 0 Å². The fourth-order valence-corrected chi connectivity index (χ4v) is 2.77. The first-order valence-corrected chi connectivity index (χ1v) is 8.51. The molecule has 0 aliphatic heterocycles. The molecule has 0 unspecified atom stereocenters. The first-order chi connectivity index (χ1) is 12.8. The van der Waals surface area contributed by atoms with Crippen LogP contribution in [-0.2, 0) is 23.8 Å². The maximum atomic E-state index is 13.1. The van der Waals surface area contributed by atoms with Crippen molar-refractivity contribution in [3.05, 3.63) is 70.3 Å². The van der Waals surface area contributed by atoms with Gasteiger partial charge in [0.25, 0.3) is 5.91 Å². The van der Waals surface area contributed by atoms with Crippen LogP contribution in [0.4, 0.5) is 18.9 Å². The molecular weight excluding hydrogens is 353 g/mol. The lowest BCUT2D eigenvalue weighted by Crippen LogP contribution is -2.16. The van der Waals surface area contributed by atoms with Crippen LogP contribution in [-0.4, -0.2) is 5.91 Å². The van der Waals surface area contributed by atoms with Crippen LogP contribution in [0.15, 0.2) is 48.0 Å². The van der Waals surface area contributed by atoms with Crippen molar-refractivity contribution in [2.24, 2.45) is 0 Å². The maximum absolute atomic E-state index is 13.1. The van der Waals surface area contributed by atoms with Gasteiger partial charge in [-0.3, -0.25) is 4.79 Å². The normalized spacial score (nSPS) is 11.8. The molecule has 0 heterocycles. The highest BCUT2D eigenvalue weighted by atomic mass is 19.4. The lowest BCUT2D eigenvalue weighted by Gasteiger charge is -2.14. The molecule has 0 atom stereocenters. The molecule has 0 aromatic heterocycles. The third-order valence-electron chi connectivity index (χ3n) is 4.17. The van der Waals surface area contributed by atoms with Crippen molar-refractivity contribution in [1.29, 1.82) is 5.26 Å². The van der Waals surface area contributed by atoms with Crippen LogP contribution in [0.2, 0.25) is 0 Å². The number of anilines is 1. The predicted octanol–water partition coefficient (Wildman–Crippen LogP) is 5.38. The van der Waals surface area contributed by atoms with Gasteiger partial charge < -0.3 is 5.32 Å². The molecular formula is C21H19F3N2O. The van der Waals surface area contributed by atoms with E-state index < -0.39 is 17.6 Å². The molecule has 27 heavy (non-hydrogen) atoms. The summed E-state index contributed by atoms with van der Waals surface area (Å²) in [6.07, 6.45) is -2.26. The van der Waals surface area contributed by atoms with Gasteiger partial charge in [-0.2, -0.15) is 18.4 Å². The number of rotatable bonds is 5. The third kappa shape index (κ3) is 4.76. The van der Waals surface area contributed by atoms with E-state index in [0.717, 1.165) is 23.3 Å². The van der Waals surface area contributed by atoms with Crippen LogP contribution >= 0.6 is 0 Å². The number of para-hydroxylation sites is 1. The highest BCUT2D eigenvalue weighted by molar-refractivity contribution is 6.10. The van der Waals surface area contributed by atoms with Crippen LogP contribution in [0.5, 0.6) is 0 Å². The summed E-state index contributed by atoms with van der Waals surface area (Å²) in [6, 6.07) is 12.1. The van der Waals surface area contributed by atoms with Crippen LogP contribution in [0.1, 0.15) is 36.1 Å². The topological polar surface area (TPSA) is 52.9 Å². The number of nitrogens with zero attached hydrogens (tertiary/aromatic N) is 1. The van der Waals surface area contributed by atoms with Gasteiger partial charge in [0.05, 0.1) is 5.56 Å². The van der Waals surface area contributed by atoms with Crippen molar-refractivity contribution in [1.82, 2.24) is 0 Å². The fraction of sp³-hybridized carbons (Fsp3) is 0.238. The Hall–Kier alpha value is -3.07. The first kappa shape index (κ1) is 20.2. The monoisotopic (exact) mass is 372 g/mol. The van der Waals surface area contributed by atoms with Gasteiger partial charge in [-0.05, 0) is 41.7 Å². The number of alkyl halides is 3. The number of hydrogen-bond acceptors (Lipinski definition) is 2. The molecule has 6 heteroatoms. The SMILES string of the molecule is CCc1cccc(CC)c1NC(=O)/C(C#N)=C/c1ccccc1C(F)(F)F. The number of carbonyl (C=O) groups is 1. The third-order valence-corrected chi connectivity index (χ3v) is 4.17. The number of halogens is 3. The van der Waals surface area contributed by atoms with Crippen molar-refractivity contribution in [2.75, 3.05) is 5.32 Å². The second kappa shape index (κ2) is 8.54. The van der Waals surface area contributed by atoms with Crippen LogP contribution in [0, 0.1) is 11.3 Å². The van der Waals surface area contributed by atoms with E-state index in [1.54, 1.807) is 6.07 Å². The Kier molecular flexibility index (Phi) is 6.40. The summed E-state index contributed by atoms with van der Waals surface area (Å²) in [6.45, 7) is 3.87. The van der Waals surface area contributed by atoms with E-state index in [1.807, 2.05) is 32.0 Å². The number of nitriles is 1. The van der Waals surface area contributed by atoms with Gasteiger partial charge in [-0.25, -0.2) is 0 Å². The van der Waals surface area contributed by atoms with Gasteiger partial charge >= 0.3 is 6.18 Å². The summed E-state index contributed by atoms with van der Waals surface area (Å²) in [5.74, 6) is -0.731. The quantitative estimate of drug-likeness (QED) is 0.566. The lowest BCUT2D eigenvalue weighted by molar-refractivity contribution is -0.137. The van der Waals surface area contributed by atoms with Gasteiger partial charge in [0.15, 0.2) is 0 Å². The molecule has 140 valence electrons. The zero-order valence-corrected chi connectivity index (χ0v) is 15.0. The maximum Gasteiger partial charge on any atom is 0.416 e. The molecule has 2 aromatic carbocycles. The molecule has 0 bridgehead atoms. The van der Waals surface area contributed by atoms with Crippen LogP contribution in [0.3, 0.4) is 0 Å². The molecule has 0 radical (unpaired) electrons. The van der Waals surface area contributed by atoms with E-state index in [9.17, 15) is 23.2 Å². The summed E-state index contributed by atoms with van der Waals surface area (Å²) in [7, 11) is 0. The molecule has 1 N–H and O–H groups in total. The van der Waals surface area contributed by atoms with Crippen molar-refractivity contribution >= 4 is 17.7 Å². The van der Waals surface area contributed by atoms with Crippen molar-refractivity contribution in [3.8, 4) is 6.07 Å². The largest absolute Gasteiger partial charge is 0.416 e. The number of benzene rings is 2. The molecule has 0 fully saturated rings. The number of amides is 1. The summed E-state index contributed by atoms with van der Waals surface area (Å²) in [5.41, 5.74) is 0.897. The minimum absolute atomic E-state index is 0.226. The van der Waals surface area contributed by atoms with Crippen LogP contribution < -0.4 is 5.32 Å². The zero-order chi connectivity index (χ0) is 20.0. The molecule has 0 spiro atoms.